The molecule has 2 nitrogen and oxygen atoms in total. The normalized spacial score (nSPS) is 11.2. The minimum Gasteiger partial charge on any atom is -0.264 e. The molecule has 3 heteroatoms. The summed E-state index contributed by atoms with van der Waals surface area (Å²) in [6, 6.07) is 30.2. The topological polar surface area (TPSA) is 25.8 Å². The molecule has 4 rings (SSSR count). The number of hydrogen-bond donors (Lipinski definition) is 0. The van der Waals surface area contributed by atoms with Crippen molar-refractivity contribution in [2.24, 2.45) is 0 Å². The van der Waals surface area contributed by atoms with E-state index in [9.17, 15) is 0 Å². The molecular weight excluding hydrogens is 323 g/mol. The van der Waals surface area contributed by atoms with Crippen LogP contribution in [0.3, 0.4) is 0 Å². The van der Waals surface area contributed by atoms with E-state index in [0.717, 1.165) is 0 Å². The van der Waals surface area contributed by atoms with Crippen LogP contribution in [0, 0.1) is 0 Å². The van der Waals surface area contributed by atoms with Gasteiger partial charge in [-0.2, -0.15) is 0 Å². The first-order valence-electron chi connectivity index (χ1n) is 8.24. The molecule has 0 amide bonds. The number of benzene rings is 2. The van der Waals surface area contributed by atoms with Crippen LogP contribution in [0.1, 0.15) is 0 Å². The quantitative estimate of drug-likeness (QED) is 0.533. The van der Waals surface area contributed by atoms with Gasteiger partial charge in [0.15, 0.2) is 0 Å². The van der Waals surface area contributed by atoms with Gasteiger partial charge in [0.1, 0.15) is 28.5 Å². The maximum absolute atomic E-state index is 4.25. The van der Waals surface area contributed by atoms with E-state index in [0.29, 0.717) is 0 Å². The van der Waals surface area contributed by atoms with E-state index in [1.807, 2.05) is 24.8 Å². The summed E-state index contributed by atoms with van der Waals surface area (Å²) in [5.41, 5.74) is 0. The molecule has 0 saturated heterocycles. The lowest BCUT2D eigenvalue weighted by molar-refractivity contribution is 1.34. The SMILES string of the molecule is c1ccc([P+](c2ccccc2)(c2ccncc2)c2ccncc2)cc1. The van der Waals surface area contributed by atoms with Crippen LogP contribution in [-0.2, 0) is 0 Å². The molecular formula is C22H18N2P+. The summed E-state index contributed by atoms with van der Waals surface area (Å²) in [6.45, 7) is 0. The highest BCUT2D eigenvalue weighted by atomic mass is 31.2. The molecule has 0 aliphatic heterocycles. The molecule has 2 aromatic carbocycles. The average molecular weight is 341 g/mol. The first-order chi connectivity index (χ1) is 12.4. The first-order valence-corrected chi connectivity index (χ1v) is 10.0. The Bertz CT molecular complexity index is 763. The molecule has 4 aromatic rings. The Kier molecular flexibility index (Phi) is 4.37. The minimum atomic E-state index is -1.99. The van der Waals surface area contributed by atoms with E-state index in [2.05, 4.69) is 94.9 Å². The van der Waals surface area contributed by atoms with Crippen molar-refractivity contribution in [2.45, 2.75) is 0 Å². The third-order valence-electron chi connectivity index (χ3n) is 4.39. The Morgan fingerprint density at radius 1 is 0.400 bits per heavy atom. The van der Waals surface area contributed by atoms with Gasteiger partial charge in [-0.3, -0.25) is 9.97 Å². The fraction of sp³-hybridized carbons (Fsp3) is 0. The van der Waals surface area contributed by atoms with E-state index in [-0.39, 0.29) is 0 Å². The maximum Gasteiger partial charge on any atom is 0.144 e. The van der Waals surface area contributed by atoms with Crippen molar-refractivity contribution in [2.75, 3.05) is 0 Å². The van der Waals surface area contributed by atoms with Gasteiger partial charge in [-0.05, 0) is 48.5 Å². The zero-order valence-corrected chi connectivity index (χ0v) is 14.6. The highest BCUT2D eigenvalue weighted by Gasteiger charge is 2.47. The van der Waals surface area contributed by atoms with Gasteiger partial charge in [-0.1, -0.05) is 36.4 Å². The third-order valence-corrected chi connectivity index (χ3v) is 8.68. The summed E-state index contributed by atoms with van der Waals surface area (Å²) >= 11 is 0. The highest BCUT2D eigenvalue weighted by Crippen LogP contribution is 2.53. The van der Waals surface area contributed by atoms with E-state index in [1.165, 1.54) is 21.2 Å². The second-order valence-electron chi connectivity index (χ2n) is 5.75. The predicted molar refractivity (Wildman–Crippen MR) is 107 cm³/mol. The molecule has 0 saturated carbocycles. The van der Waals surface area contributed by atoms with Crippen molar-refractivity contribution in [3.8, 4) is 0 Å². The maximum atomic E-state index is 4.25. The molecule has 2 heterocycles. The van der Waals surface area contributed by atoms with Crippen LogP contribution in [0.2, 0.25) is 0 Å². The Morgan fingerprint density at radius 2 is 0.720 bits per heavy atom. The van der Waals surface area contributed by atoms with E-state index in [1.54, 1.807) is 0 Å². The van der Waals surface area contributed by atoms with Gasteiger partial charge in [-0.15, -0.1) is 0 Å². The molecule has 25 heavy (non-hydrogen) atoms. The molecule has 0 aliphatic carbocycles. The van der Waals surface area contributed by atoms with Crippen molar-refractivity contribution in [3.63, 3.8) is 0 Å². The minimum absolute atomic E-state index is 1.30. The van der Waals surface area contributed by atoms with Crippen LogP contribution in [0.25, 0.3) is 0 Å². The van der Waals surface area contributed by atoms with Crippen LogP contribution in [0.15, 0.2) is 110 Å². The largest absolute Gasteiger partial charge is 0.264 e. The second kappa shape index (κ2) is 6.96. The standard InChI is InChI=1S/C22H18N2P/c1-3-7-19(8-4-1)25(20-9-5-2-6-10-20,21-11-15-23-16-12-21)22-13-17-24-18-14-22/h1-18H/q+1. The highest BCUT2D eigenvalue weighted by molar-refractivity contribution is 8.01. The number of aromatic nitrogens is 2. The monoisotopic (exact) mass is 341 g/mol. The summed E-state index contributed by atoms with van der Waals surface area (Å²) in [6.07, 6.45) is 7.54. The lowest BCUT2D eigenvalue weighted by Crippen LogP contribution is -2.38. The van der Waals surface area contributed by atoms with Gasteiger partial charge in [0.25, 0.3) is 0 Å². The Labute approximate surface area is 148 Å². The van der Waals surface area contributed by atoms with E-state index >= 15 is 0 Å². The lowest BCUT2D eigenvalue weighted by Gasteiger charge is -2.27. The first kappa shape index (κ1) is 15.7. The summed E-state index contributed by atoms with van der Waals surface area (Å²) in [5, 5.41) is 5.26. The van der Waals surface area contributed by atoms with Crippen molar-refractivity contribution >= 4 is 28.5 Å². The van der Waals surface area contributed by atoms with Gasteiger partial charge in [-0.25, -0.2) is 0 Å². The van der Waals surface area contributed by atoms with Gasteiger partial charge >= 0.3 is 0 Å². The average Bonchev–Trinajstić information content (AvgIpc) is 2.72. The molecule has 0 atom stereocenters. The summed E-state index contributed by atoms with van der Waals surface area (Å²) in [4.78, 5) is 8.49. The predicted octanol–water partition coefficient (Wildman–Crippen LogP) is 3.10. The van der Waals surface area contributed by atoms with Gasteiger partial charge in [0.2, 0.25) is 0 Å². The van der Waals surface area contributed by atoms with E-state index < -0.39 is 7.26 Å². The zero-order valence-electron chi connectivity index (χ0n) is 13.7. The van der Waals surface area contributed by atoms with Gasteiger partial charge in [0, 0.05) is 24.8 Å². The van der Waals surface area contributed by atoms with Crippen molar-refractivity contribution in [1.29, 1.82) is 0 Å². The zero-order chi connectivity index (χ0) is 17.0. The van der Waals surface area contributed by atoms with Crippen molar-refractivity contribution in [1.82, 2.24) is 9.97 Å². The van der Waals surface area contributed by atoms with Gasteiger partial charge < -0.3 is 0 Å². The number of pyridine rings is 2. The molecule has 0 spiro atoms. The third kappa shape index (κ3) is 2.75. The van der Waals surface area contributed by atoms with Crippen LogP contribution in [-0.4, -0.2) is 9.97 Å². The Balaban J connectivity index is 2.13. The summed E-state index contributed by atoms with van der Waals surface area (Å²) < 4.78 is 0. The molecule has 0 fully saturated rings. The molecule has 0 unspecified atom stereocenters. The summed E-state index contributed by atoms with van der Waals surface area (Å²) in [7, 11) is -1.99. The van der Waals surface area contributed by atoms with Crippen LogP contribution in [0.5, 0.6) is 0 Å². The van der Waals surface area contributed by atoms with E-state index in [4.69, 9.17) is 0 Å². The van der Waals surface area contributed by atoms with Crippen LogP contribution < -0.4 is 21.2 Å². The molecule has 0 aliphatic rings. The number of rotatable bonds is 4. The van der Waals surface area contributed by atoms with Crippen molar-refractivity contribution < 1.29 is 0 Å². The fourth-order valence-corrected chi connectivity index (χ4v) is 7.52. The Morgan fingerprint density at radius 3 is 1.08 bits per heavy atom. The molecule has 0 radical (unpaired) electrons. The van der Waals surface area contributed by atoms with Crippen LogP contribution in [0.4, 0.5) is 0 Å². The second-order valence-corrected chi connectivity index (χ2v) is 9.16. The Hall–Kier alpha value is -2.83. The molecule has 0 N–H and O–H groups in total. The molecule has 2 aromatic heterocycles. The van der Waals surface area contributed by atoms with Crippen LogP contribution >= 0.6 is 7.26 Å². The smallest absolute Gasteiger partial charge is 0.144 e. The number of hydrogen-bond acceptors (Lipinski definition) is 2. The molecule has 120 valence electrons. The van der Waals surface area contributed by atoms with Crippen molar-refractivity contribution in [3.05, 3.63) is 110 Å². The summed E-state index contributed by atoms with van der Waals surface area (Å²) in [5.74, 6) is 0. The number of nitrogens with zero attached hydrogens (tertiary/aromatic N) is 2. The fourth-order valence-electron chi connectivity index (χ4n) is 3.33. The molecule has 0 bridgehead atoms. The van der Waals surface area contributed by atoms with Gasteiger partial charge in [0.05, 0.1) is 0 Å². The lowest BCUT2D eigenvalue weighted by atomic mass is 10.4.